The highest BCUT2D eigenvalue weighted by molar-refractivity contribution is 5.94. The molecule has 12 heteroatoms. The normalized spacial score (nSPS) is 17.0. The summed E-state index contributed by atoms with van der Waals surface area (Å²) in [6, 6.07) is -0.908. The number of methoxy groups -OCH3 is 1. The van der Waals surface area contributed by atoms with E-state index in [0.29, 0.717) is 37.8 Å². The SMILES string of the molecule is COC(=O)[C@@H](NC(=O)[C@H](Cc1cc(F)cc(F)c1)NC(=O)/C=C/CCCC(C)C)[C@H](C)OC(=O)C1CCCN1C(C)=O. The maximum absolute atomic E-state index is 13.9. The Morgan fingerprint density at radius 3 is 2.33 bits per heavy atom. The number of likely N-dealkylation sites (tertiary alicyclic amines) is 1. The van der Waals surface area contributed by atoms with Crippen molar-refractivity contribution in [1.82, 2.24) is 15.5 Å². The summed E-state index contributed by atoms with van der Waals surface area (Å²) in [5.41, 5.74) is 0.0912. The van der Waals surface area contributed by atoms with Gasteiger partial charge in [0.15, 0.2) is 6.04 Å². The molecule has 3 amide bonds. The number of amides is 3. The average molecular weight is 594 g/mol. The summed E-state index contributed by atoms with van der Waals surface area (Å²) < 4.78 is 38.0. The van der Waals surface area contributed by atoms with Crippen molar-refractivity contribution in [2.45, 2.75) is 90.4 Å². The Morgan fingerprint density at radius 2 is 1.74 bits per heavy atom. The fourth-order valence-electron chi connectivity index (χ4n) is 4.70. The highest BCUT2D eigenvalue weighted by atomic mass is 19.1. The quantitative estimate of drug-likeness (QED) is 0.193. The van der Waals surface area contributed by atoms with Crippen LogP contribution in [0.5, 0.6) is 0 Å². The van der Waals surface area contributed by atoms with E-state index in [1.807, 2.05) is 0 Å². The van der Waals surface area contributed by atoms with Crippen LogP contribution in [0.25, 0.3) is 0 Å². The van der Waals surface area contributed by atoms with Crippen LogP contribution in [0.4, 0.5) is 8.78 Å². The molecule has 10 nitrogen and oxygen atoms in total. The Morgan fingerprint density at radius 1 is 1.07 bits per heavy atom. The second-order valence-electron chi connectivity index (χ2n) is 10.8. The Balaban J connectivity index is 2.20. The van der Waals surface area contributed by atoms with E-state index >= 15 is 0 Å². The van der Waals surface area contributed by atoms with Crippen LogP contribution >= 0.6 is 0 Å². The van der Waals surface area contributed by atoms with Crippen molar-refractivity contribution in [3.05, 3.63) is 47.5 Å². The fraction of sp³-hybridized carbons (Fsp3) is 0.567. The molecule has 0 radical (unpaired) electrons. The molecule has 0 spiro atoms. The van der Waals surface area contributed by atoms with Crippen molar-refractivity contribution in [3.63, 3.8) is 0 Å². The van der Waals surface area contributed by atoms with Gasteiger partial charge in [-0.3, -0.25) is 14.4 Å². The van der Waals surface area contributed by atoms with Crippen LogP contribution in [0.2, 0.25) is 0 Å². The van der Waals surface area contributed by atoms with Crippen molar-refractivity contribution >= 4 is 29.7 Å². The first kappa shape index (κ1) is 34.4. The summed E-state index contributed by atoms with van der Waals surface area (Å²) >= 11 is 0. The fourth-order valence-corrected chi connectivity index (χ4v) is 4.70. The van der Waals surface area contributed by atoms with Crippen molar-refractivity contribution in [2.24, 2.45) is 5.92 Å². The molecule has 0 aliphatic carbocycles. The number of allylic oxidation sites excluding steroid dienone is 1. The average Bonchev–Trinajstić information content (AvgIpc) is 3.40. The zero-order chi connectivity index (χ0) is 31.4. The maximum atomic E-state index is 13.9. The van der Waals surface area contributed by atoms with Crippen LogP contribution in [0.1, 0.15) is 65.4 Å². The molecule has 1 aromatic carbocycles. The number of nitrogens with zero attached hydrogens (tertiary/aromatic N) is 1. The number of rotatable bonds is 14. The minimum atomic E-state index is -1.48. The molecule has 232 valence electrons. The minimum Gasteiger partial charge on any atom is -0.467 e. The largest absolute Gasteiger partial charge is 0.467 e. The van der Waals surface area contributed by atoms with E-state index in [1.54, 1.807) is 6.08 Å². The van der Waals surface area contributed by atoms with E-state index in [2.05, 4.69) is 24.5 Å². The van der Waals surface area contributed by atoms with E-state index < -0.39 is 59.6 Å². The van der Waals surface area contributed by atoms with Gasteiger partial charge in [-0.2, -0.15) is 0 Å². The molecule has 1 fully saturated rings. The predicted octanol–water partition coefficient (Wildman–Crippen LogP) is 2.98. The van der Waals surface area contributed by atoms with Crippen molar-refractivity contribution in [1.29, 1.82) is 0 Å². The predicted molar refractivity (Wildman–Crippen MR) is 150 cm³/mol. The maximum Gasteiger partial charge on any atom is 0.332 e. The Kier molecular flexibility index (Phi) is 13.6. The molecular weight excluding hydrogens is 552 g/mol. The second kappa shape index (κ2) is 16.6. The van der Waals surface area contributed by atoms with Crippen molar-refractivity contribution in [3.8, 4) is 0 Å². The summed E-state index contributed by atoms with van der Waals surface area (Å²) in [6.07, 6.45) is 4.93. The Bertz CT molecular complexity index is 1140. The lowest BCUT2D eigenvalue weighted by Crippen LogP contribution is -2.56. The molecule has 0 saturated carbocycles. The molecule has 2 N–H and O–H groups in total. The Labute approximate surface area is 245 Å². The molecule has 1 saturated heterocycles. The number of esters is 2. The van der Waals surface area contributed by atoms with Crippen LogP contribution in [0, 0.1) is 17.6 Å². The second-order valence-corrected chi connectivity index (χ2v) is 10.8. The molecule has 1 aromatic rings. The first-order chi connectivity index (χ1) is 19.8. The van der Waals surface area contributed by atoms with Gasteiger partial charge in [-0.15, -0.1) is 0 Å². The summed E-state index contributed by atoms with van der Waals surface area (Å²) in [5, 5.41) is 4.97. The topological polar surface area (TPSA) is 131 Å². The molecular formula is C30H41F2N3O7. The summed E-state index contributed by atoms with van der Waals surface area (Å²) in [4.78, 5) is 64.7. The third-order valence-corrected chi connectivity index (χ3v) is 6.87. The van der Waals surface area contributed by atoms with Crippen LogP contribution in [0.15, 0.2) is 30.4 Å². The Hall–Kier alpha value is -3.83. The van der Waals surface area contributed by atoms with E-state index in [4.69, 9.17) is 9.47 Å². The van der Waals surface area contributed by atoms with E-state index in [0.717, 1.165) is 32.1 Å². The molecule has 42 heavy (non-hydrogen) atoms. The van der Waals surface area contributed by atoms with E-state index in [1.165, 1.54) is 24.8 Å². The first-order valence-electron chi connectivity index (χ1n) is 14.1. The van der Waals surface area contributed by atoms with Crippen LogP contribution in [0.3, 0.4) is 0 Å². The van der Waals surface area contributed by atoms with E-state index in [9.17, 15) is 32.8 Å². The zero-order valence-corrected chi connectivity index (χ0v) is 24.8. The third kappa shape index (κ3) is 10.9. The molecule has 1 heterocycles. The molecule has 4 atom stereocenters. The number of unbranched alkanes of at least 4 members (excludes halogenated alkanes) is 1. The van der Waals surface area contributed by atoms with Crippen LogP contribution in [-0.2, 0) is 39.9 Å². The molecule has 0 bridgehead atoms. The van der Waals surface area contributed by atoms with Gasteiger partial charge in [-0.05, 0) is 62.3 Å². The van der Waals surface area contributed by atoms with Gasteiger partial charge in [-0.25, -0.2) is 18.4 Å². The van der Waals surface area contributed by atoms with Gasteiger partial charge in [0.25, 0.3) is 0 Å². The number of halogens is 2. The molecule has 1 aliphatic heterocycles. The van der Waals surface area contributed by atoms with Crippen molar-refractivity contribution in [2.75, 3.05) is 13.7 Å². The lowest BCUT2D eigenvalue weighted by atomic mass is 10.0. The monoisotopic (exact) mass is 593 g/mol. The number of carbonyl (C=O) groups is 5. The van der Waals surface area contributed by atoms with Gasteiger partial charge in [0, 0.05) is 26.0 Å². The van der Waals surface area contributed by atoms with Gasteiger partial charge in [0.2, 0.25) is 17.7 Å². The highest BCUT2D eigenvalue weighted by Gasteiger charge is 2.38. The number of hydrogen-bond acceptors (Lipinski definition) is 7. The summed E-state index contributed by atoms with van der Waals surface area (Å²) in [5.74, 6) is -4.64. The van der Waals surface area contributed by atoms with Gasteiger partial charge in [-0.1, -0.05) is 26.3 Å². The smallest absolute Gasteiger partial charge is 0.332 e. The third-order valence-electron chi connectivity index (χ3n) is 6.87. The number of carbonyl (C=O) groups excluding carboxylic acids is 5. The lowest BCUT2D eigenvalue weighted by molar-refractivity contribution is -0.163. The number of benzene rings is 1. The molecule has 0 aromatic heterocycles. The summed E-state index contributed by atoms with van der Waals surface area (Å²) in [7, 11) is 1.09. The molecule has 1 aliphatic rings. The number of nitrogens with one attached hydrogen (secondary N) is 2. The first-order valence-corrected chi connectivity index (χ1v) is 14.1. The van der Waals surface area contributed by atoms with Gasteiger partial charge in [0.1, 0.15) is 29.8 Å². The van der Waals surface area contributed by atoms with E-state index in [-0.39, 0.29) is 17.9 Å². The highest BCUT2D eigenvalue weighted by Crippen LogP contribution is 2.20. The standard InChI is InChI=1S/C30H41F2N3O7/c1-18(2)10-7-6-8-12-26(37)33-24(16-21-14-22(31)17-23(32)15-21)28(38)34-27(30(40)41-5)19(3)42-29(39)25-11-9-13-35(25)20(4)36/h8,12,14-15,17-19,24-25,27H,6-7,9-11,13,16H2,1-5H3,(H,33,37)(H,34,38)/b12-8+/t19-,24-,25?,27-/m0/s1. The van der Waals surface area contributed by atoms with Gasteiger partial charge >= 0.3 is 11.9 Å². The van der Waals surface area contributed by atoms with Crippen LogP contribution in [-0.4, -0.2) is 72.4 Å². The number of hydrogen-bond donors (Lipinski definition) is 2. The van der Waals surface area contributed by atoms with Crippen molar-refractivity contribution < 1.29 is 42.2 Å². The lowest BCUT2D eigenvalue weighted by Gasteiger charge is -2.28. The summed E-state index contributed by atoms with van der Waals surface area (Å²) in [6.45, 7) is 7.30. The molecule has 1 unspecified atom stereocenters. The number of ether oxygens (including phenoxy) is 2. The van der Waals surface area contributed by atoms with Gasteiger partial charge in [0.05, 0.1) is 7.11 Å². The zero-order valence-electron chi connectivity index (χ0n) is 24.8. The molecule has 2 rings (SSSR count). The minimum absolute atomic E-state index is 0.0912. The van der Waals surface area contributed by atoms with Crippen LogP contribution < -0.4 is 10.6 Å². The van der Waals surface area contributed by atoms with Gasteiger partial charge < -0.3 is 25.0 Å².